The van der Waals surface area contributed by atoms with Gasteiger partial charge in [0.2, 0.25) is 0 Å². The Bertz CT molecular complexity index is 400. The molecule has 2 atom stereocenters. The Hall–Kier alpha value is -0.610. The molecular weight excluding hydrogens is 278 g/mol. The zero-order valence-electron chi connectivity index (χ0n) is 13.9. The maximum absolute atomic E-state index is 4.54. The third kappa shape index (κ3) is 5.26. The molecule has 4 heteroatoms. The summed E-state index contributed by atoms with van der Waals surface area (Å²) < 4.78 is 0. The standard InChI is InChI=1S/C17H31N3S/c1-4-20(5-2)17-19-13-16(21-17)12-18-10-9-15-8-6-7-14(3)11-15/h13-15,18H,4-12H2,1-3H3. The summed E-state index contributed by atoms with van der Waals surface area (Å²) >= 11 is 1.83. The number of rotatable bonds is 8. The first-order valence-corrected chi connectivity index (χ1v) is 9.44. The maximum Gasteiger partial charge on any atom is 0.185 e. The highest BCUT2D eigenvalue weighted by atomic mass is 32.1. The van der Waals surface area contributed by atoms with Crippen molar-refractivity contribution in [2.75, 3.05) is 24.5 Å². The maximum atomic E-state index is 4.54. The Morgan fingerprint density at radius 1 is 1.33 bits per heavy atom. The molecule has 1 fully saturated rings. The predicted molar refractivity (Wildman–Crippen MR) is 93.1 cm³/mol. The van der Waals surface area contributed by atoms with E-state index in [0.29, 0.717) is 0 Å². The number of hydrogen-bond donors (Lipinski definition) is 1. The number of aromatic nitrogens is 1. The van der Waals surface area contributed by atoms with Crippen LogP contribution in [0.25, 0.3) is 0 Å². The van der Waals surface area contributed by atoms with Gasteiger partial charge in [-0.2, -0.15) is 0 Å². The molecule has 0 saturated heterocycles. The van der Waals surface area contributed by atoms with Crippen molar-refractivity contribution in [3.8, 4) is 0 Å². The van der Waals surface area contributed by atoms with Gasteiger partial charge in [-0.1, -0.05) is 26.2 Å². The van der Waals surface area contributed by atoms with Gasteiger partial charge in [-0.25, -0.2) is 4.98 Å². The molecule has 1 aliphatic carbocycles. The van der Waals surface area contributed by atoms with Crippen LogP contribution in [0.1, 0.15) is 57.8 Å². The van der Waals surface area contributed by atoms with E-state index >= 15 is 0 Å². The van der Waals surface area contributed by atoms with E-state index in [9.17, 15) is 0 Å². The van der Waals surface area contributed by atoms with Crippen molar-refractivity contribution in [1.82, 2.24) is 10.3 Å². The minimum Gasteiger partial charge on any atom is -0.349 e. The average Bonchev–Trinajstić information content (AvgIpc) is 2.94. The summed E-state index contributed by atoms with van der Waals surface area (Å²) in [5.41, 5.74) is 0. The third-order valence-electron chi connectivity index (χ3n) is 4.65. The van der Waals surface area contributed by atoms with Crippen molar-refractivity contribution < 1.29 is 0 Å². The molecule has 1 N–H and O–H groups in total. The first-order chi connectivity index (χ1) is 10.2. The molecule has 0 radical (unpaired) electrons. The molecule has 1 aromatic heterocycles. The Morgan fingerprint density at radius 3 is 2.86 bits per heavy atom. The largest absolute Gasteiger partial charge is 0.349 e. The van der Waals surface area contributed by atoms with Gasteiger partial charge in [-0.05, 0) is 45.1 Å². The Kier molecular flexibility index (Phi) is 6.97. The molecule has 0 aromatic carbocycles. The summed E-state index contributed by atoms with van der Waals surface area (Å²) in [5, 5.41) is 4.77. The second-order valence-electron chi connectivity index (χ2n) is 6.38. The predicted octanol–water partition coefficient (Wildman–Crippen LogP) is 4.30. The first-order valence-electron chi connectivity index (χ1n) is 8.63. The van der Waals surface area contributed by atoms with Crippen LogP contribution in [0.4, 0.5) is 5.13 Å². The van der Waals surface area contributed by atoms with Crippen LogP contribution in [0.3, 0.4) is 0 Å². The Balaban J connectivity index is 1.66. The van der Waals surface area contributed by atoms with E-state index in [0.717, 1.165) is 43.1 Å². The summed E-state index contributed by atoms with van der Waals surface area (Å²) in [6.07, 6.45) is 9.14. The van der Waals surface area contributed by atoms with Crippen molar-refractivity contribution in [2.24, 2.45) is 11.8 Å². The van der Waals surface area contributed by atoms with E-state index in [1.165, 1.54) is 37.0 Å². The highest BCUT2D eigenvalue weighted by Crippen LogP contribution is 2.30. The average molecular weight is 310 g/mol. The van der Waals surface area contributed by atoms with Gasteiger partial charge in [0, 0.05) is 30.7 Å². The summed E-state index contributed by atoms with van der Waals surface area (Å²) in [6, 6.07) is 0. The fraction of sp³-hybridized carbons (Fsp3) is 0.824. The summed E-state index contributed by atoms with van der Waals surface area (Å²) in [7, 11) is 0. The minimum absolute atomic E-state index is 0.946. The van der Waals surface area contributed by atoms with Gasteiger partial charge >= 0.3 is 0 Å². The fourth-order valence-corrected chi connectivity index (χ4v) is 4.37. The molecule has 0 aliphatic heterocycles. The zero-order valence-corrected chi connectivity index (χ0v) is 14.7. The van der Waals surface area contributed by atoms with E-state index in [1.54, 1.807) is 0 Å². The van der Waals surface area contributed by atoms with E-state index in [1.807, 2.05) is 17.5 Å². The highest BCUT2D eigenvalue weighted by molar-refractivity contribution is 7.15. The van der Waals surface area contributed by atoms with Gasteiger partial charge in [0.15, 0.2) is 5.13 Å². The quantitative estimate of drug-likeness (QED) is 0.726. The first kappa shape index (κ1) is 16.8. The van der Waals surface area contributed by atoms with Crippen LogP contribution in [0.5, 0.6) is 0 Å². The number of nitrogens with one attached hydrogen (secondary N) is 1. The zero-order chi connectivity index (χ0) is 15.1. The number of anilines is 1. The van der Waals surface area contributed by atoms with Gasteiger partial charge in [0.1, 0.15) is 0 Å². The number of hydrogen-bond acceptors (Lipinski definition) is 4. The van der Waals surface area contributed by atoms with Crippen molar-refractivity contribution in [1.29, 1.82) is 0 Å². The molecule has 0 amide bonds. The van der Waals surface area contributed by atoms with Crippen molar-refractivity contribution in [3.05, 3.63) is 11.1 Å². The van der Waals surface area contributed by atoms with E-state index in [2.05, 4.69) is 36.0 Å². The molecule has 2 unspecified atom stereocenters. The number of thiazole rings is 1. The molecule has 1 heterocycles. The van der Waals surface area contributed by atoms with Crippen LogP contribution in [0.15, 0.2) is 6.20 Å². The summed E-state index contributed by atoms with van der Waals surface area (Å²) in [5.74, 6) is 1.90. The lowest BCUT2D eigenvalue weighted by Gasteiger charge is -2.26. The van der Waals surface area contributed by atoms with Gasteiger partial charge in [0.25, 0.3) is 0 Å². The highest BCUT2D eigenvalue weighted by Gasteiger charge is 2.18. The molecule has 120 valence electrons. The SMILES string of the molecule is CCN(CC)c1ncc(CNCCC2CCCC(C)C2)s1. The molecule has 1 aromatic rings. The molecule has 2 rings (SSSR count). The summed E-state index contributed by atoms with van der Waals surface area (Å²) in [4.78, 5) is 8.21. The minimum atomic E-state index is 0.946. The third-order valence-corrected chi connectivity index (χ3v) is 5.71. The van der Waals surface area contributed by atoms with Gasteiger partial charge in [-0.3, -0.25) is 0 Å². The smallest absolute Gasteiger partial charge is 0.185 e. The van der Waals surface area contributed by atoms with Crippen LogP contribution in [0.2, 0.25) is 0 Å². The van der Waals surface area contributed by atoms with Gasteiger partial charge < -0.3 is 10.2 Å². The van der Waals surface area contributed by atoms with Crippen molar-refractivity contribution >= 4 is 16.5 Å². The Labute approximate surface area is 134 Å². The lowest BCUT2D eigenvalue weighted by atomic mass is 9.81. The van der Waals surface area contributed by atoms with E-state index in [-0.39, 0.29) is 0 Å². The molecule has 1 aliphatic rings. The molecule has 3 nitrogen and oxygen atoms in total. The normalized spacial score (nSPS) is 22.4. The second kappa shape index (κ2) is 8.74. The molecule has 1 saturated carbocycles. The lowest BCUT2D eigenvalue weighted by molar-refractivity contribution is 0.267. The van der Waals surface area contributed by atoms with Crippen molar-refractivity contribution in [3.63, 3.8) is 0 Å². The topological polar surface area (TPSA) is 28.2 Å². The van der Waals surface area contributed by atoms with Crippen LogP contribution >= 0.6 is 11.3 Å². The fourth-order valence-electron chi connectivity index (χ4n) is 3.36. The van der Waals surface area contributed by atoms with Crippen LogP contribution in [0, 0.1) is 11.8 Å². The van der Waals surface area contributed by atoms with E-state index in [4.69, 9.17) is 0 Å². The molecule has 21 heavy (non-hydrogen) atoms. The van der Waals surface area contributed by atoms with Gasteiger partial charge in [-0.15, -0.1) is 11.3 Å². The second-order valence-corrected chi connectivity index (χ2v) is 7.48. The Morgan fingerprint density at radius 2 is 2.14 bits per heavy atom. The molecule has 0 bridgehead atoms. The van der Waals surface area contributed by atoms with Crippen LogP contribution in [-0.4, -0.2) is 24.6 Å². The summed E-state index contributed by atoms with van der Waals surface area (Å²) in [6.45, 7) is 11.0. The lowest BCUT2D eigenvalue weighted by Crippen LogP contribution is -2.21. The monoisotopic (exact) mass is 309 g/mol. The number of nitrogens with zero attached hydrogens (tertiary/aromatic N) is 2. The van der Waals surface area contributed by atoms with Crippen LogP contribution < -0.4 is 10.2 Å². The van der Waals surface area contributed by atoms with E-state index < -0.39 is 0 Å². The molecular formula is C17H31N3S. The van der Waals surface area contributed by atoms with Crippen molar-refractivity contribution in [2.45, 2.75) is 59.4 Å². The van der Waals surface area contributed by atoms with Gasteiger partial charge in [0.05, 0.1) is 0 Å². The van der Waals surface area contributed by atoms with Crippen LogP contribution in [-0.2, 0) is 6.54 Å². The molecule has 0 spiro atoms.